The van der Waals surface area contributed by atoms with E-state index in [0.29, 0.717) is 23.6 Å². The van der Waals surface area contributed by atoms with Crippen LogP contribution in [0.5, 0.6) is 5.75 Å². The van der Waals surface area contributed by atoms with Crippen LogP contribution < -0.4 is 9.54 Å². The van der Waals surface area contributed by atoms with Gasteiger partial charge in [-0.2, -0.15) is 10.1 Å². The first-order valence-electron chi connectivity index (χ1n) is 7.58. The van der Waals surface area contributed by atoms with Crippen molar-refractivity contribution in [3.8, 4) is 5.75 Å². The van der Waals surface area contributed by atoms with Gasteiger partial charge >= 0.3 is 0 Å². The van der Waals surface area contributed by atoms with Crippen LogP contribution in [0, 0.1) is 0 Å². The van der Waals surface area contributed by atoms with Crippen molar-refractivity contribution < 1.29 is 9.53 Å². The fourth-order valence-corrected chi connectivity index (χ4v) is 3.49. The van der Waals surface area contributed by atoms with E-state index in [4.69, 9.17) is 4.74 Å². The standard InChI is InChI=1S/C17H18N4O2S/c1-4-10-21-13-7-6-12(23-5-2)11-15(13)24-17(21)19-16(22)14-8-9-18-20(14)3/h4,6-9,11H,1,5,10H2,2-3H3. The minimum Gasteiger partial charge on any atom is -0.494 e. The molecule has 0 spiro atoms. The summed E-state index contributed by atoms with van der Waals surface area (Å²) in [4.78, 5) is 17.3. The van der Waals surface area contributed by atoms with E-state index in [1.807, 2.05) is 29.7 Å². The molecule has 1 aromatic carbocycles. The van der Waals surface area contributed by atoms with E-state index in [1.165, 1.54) is 16.0 Å². The topological polar surface area (TPSA) is 61.4 Å². The van der Waals surface area contributed by atoms with Gasteiger partial charge in [-0.15, -0.1) is 6.58 Å². The van der Waals surface area contributed by atoms with Crippen molar-refractivity contribution in [3.63, 3.8) is 0 Å². The molecule has 24 heavy (non-hydrogen) atoms. The van der Waals surface area contributed by atoms with Crippen molar-refractivity contribution in [1.82, 2.24) is 14.3 Å². The van der Waals surface area contributed by atoms with Gasteiger partial charge in [-0.05, 0) is 31.2 Å². The summed E-state index contributed by atoms with van der Waals surface area (Å²) in [5.74, 6) is 0.492. The average molecular weight is 342 g/mol. The zero-order valence-electron chi connectivity index (χ0n) is 13.6. The summed E-state index contributed by atoms with van der Waals surface area (Å²) in [6.45, 7) is 6.93. The number of benzene rings is 1. The third-order valence-electron chi connectivity index (χ3n) is 3.51. The SMILES string of the molecule is C=CCn1c(=NC(=O)c2ccnn2C)sc2cc(OCC)ccc21. The predicted octanol–water partition coefficient (Wildman–Crippen LogP) is 2.76. The largest absolute Gasteiger partial charge is 0.494 e. The number of aryl methyl sites for hydroxylation is 1. The summed E-state index contributed by atoms with van der Waals surface area (Å²) >= 11 is 1.45. The lowest BCUT2D eigenvalue weighted by Gasteiger charge is -2.04. The highest BCUT2D eigenvalue weighted by Gasteiger charge is 2.11. The second kappa shape index (κ2) is 6.84. The van der Waals surface area contributed by atoms with Crippen molar-refractivity contribution in [2.45, 2.75) is 13.5 Å². The number of thiazole rings is 1. The van der Waals surface area contributed by atoms with Crippen LogP contribution in [-0.4, -0.2) is 26.9 Å². The lowest BCUT2D eigenvalue weighted by atomic mass is 10.3. The molecular formula is C17H18N4O2S. The van der Waals surface area contributed by atoms with Crippen molar-refractivity contribution in [1.29, 1.82) is 0 Å². The van der Waals surface area contributed by atoms with Gasteiger partial charge in [-0.3, -0.25) is 9.48 Å². The van der Waals surface area contributed by atoms with Gasteiger partial charge in [0.05, 0.1) is 16.8 Å². The summed E-state index contributed by atoms with van der Waals surface area (Å²) in [6.07, 6.45) is 3.37. The Labute approximate surface area is 143 Å². The molecule has 0 saturated carbocycles. The van der Waals surface area contributed by atoms with Crippen LogP contribution in [0.25, 0.3) is 10.2 Å². The molecule has 0 radical (unpaired) electrons. The molecular weight excluding hydrogens is 324 g/mol. The molecule has 0 bridgehead atoms. The molecule has 6 nitrogen and oxygen atoms in total. The summed E-state index contributed by atoms with van der Waals surface area (Å²) in [5.41, 5.74) is 1.45. The molecule has 0 N–H and O–H groups in total. The van der Waals surface area contributed by atoms with Gasteiger partial charge in [-0.1, -0.05) is 17.4 Å². The van der Waals surface area contributed by atoms with Crippen molar-refractivity contribution in [2.24, 2.45) is 12.0 Å². The number of allylic oxidation sites excluding steroid dienone is 1. The first kappa shape index (κ1) is 16.2. The molecule has 3 aromatic rings. The van der Waals surface area contributed by atoms with Gasteiger partial charge in [0.15, 0.2) is 4.80 Å². The van der Waals surface area contributed by atoms with Gasteiger partial charge < -0.3 is 9.30 Å². The number of fused-ring (bicyclic) bond motifs is 1. The van der Waals surface area contributed by atoms with Crippen molar-refractivity contribution >= 4 is 27.5 Å². The highest BCUT2D eigenvalue weighted by Crippen LogP contribution is 2.23. The first-order chi connectivity index (χ1) is 11.6. The first-order valence-corrected chi connectivity index (χ1v) is 8.39. The van der Waals surface area contributed by atoms with E-state index in [2.05, 4.69) is 16.7 Å². The third-order valence-corrected chi connectivity index (χ3v) is 4.56. The zero-order valence-corrected chi connectivity index (χ0v) is 14.4. The minimum absolute atomic E-state index is 0.315. The molecule has 2 aromatic heterocycles. The normalized spacial score (nSPS) is 11.8. The molecule has 1 amide bonds. The van der Waals surface area contributed by atoms with E-state index in [0.717, 1.165) is 16.0 Å². The van der Waals surface area contributed by atoms with Crippen LogP contribution in [0.15, 0.2) is 48.1 Å². The van der Waals surface area contributed by atoms with Gasteiger partial charge in [-0.25, -0.2) is 0 Å². The summed E-state index contributed by atoms with van der Waals surface area (Å²) in [6, 6.07) is 7.53. The van der Waals surface area contributed by atoms with Crippen LogP contribution in [-0.2, 0) is 13.6 Å². The van der Waals surface area contributed by atoms with Gasteiger partial charge in [0.2, 0.25) is 0 Å². The molecule has 0 unspecified atom stereocenters. The van der Waals surface area contributed by atoms with Crippen molar-refractivity contribution in [2.75, 3.05) is 6.61 Å². The number of aromatic nitrogens is 3. The molecule has 0 aliphatic rings. The van der Waals surface area contributed by atoms with E-state index < -0.39 is 0 Å². The fraction of sp³-hybridized carbons (Fsp3) is 0.235. The monoisotopic (exact) mass is 342 g/mol. The molecule has 7 heteroatoms. The Kier molecular flexibility index (Phi) is 4.61. The highest BCUT2D eigenvalue weighted by molar-refractivity contribution is 7.16. The molecule has 0 fully saturated rings. The number of ether oxygens (including phenoxy) is 1. The Morgan fingerprint density at radius 2 is 2.29 bits per heavy atom. The number of nitrogens with zero attached hydrogens (tertiary/aromatic N) is 4. The van der Waals surface area contributed by atoms with Crippen LogP contribution in [0.3, 0.4) is 0 Å². The fourth-order valence-electron chi connectivity index (χ4n) is 2.43. The Morgan fingerprint density at radius 3 is 2.96 bits per heavy atom. The third kappa shape index (κ3) is 3.03. The van der Waals surface area contributed by atoms with Gasteiger partial charge in [0.25, 0.3) is 5.91 Å². The molecule has 124 valence electrons. The molecule has 3 rings (SSSR count). The molecule has 0 saturated heterocycles. The Balaban J connectivity index is 2.13. The maximum atomic E-state index is 12.4. The van der Waals surface area contributed by atoms with Crippen LogP contribution in [0.2, 0.25) is 0 Å². The quantitative estimate of drug-likeness (QED) is 0.670. The van der Waals surface area contributed by atoms with Gasteiger partial charge in [0.1, 0.15) is 11.4 Å². The number of rotatable bonds is 5. The zero-order chi connectivity index (χ0) is 17.1. The van der Waals surface area contributed by atoms with E-state index >= 15 is 0 Å². The van der Waals surface area contributed by atoms with Crippen molar-refractivity contribution in [3.05, 3.63) is 53.6 Å². The molecule has 0 atom stereocenters. The van der Waals surface area contributed by atoms with E-state index in [9.17, 15) is 4.79 Å². The second-order valence-corrected chi connectivity index (χ2v) is 6.11. The van der Waals surface area contributed by atoms with Crippen LogP contribution in [0.1, 0.15) is 17.4 Å². The van der Waals surface area contributed by atoms with Crippen LogP contribution in [0.4, 0.5) is 0 Å². The smallest absolute Gasteiger partial charge is 0.297 e. The van der Waals surface area contributed by atoms with Gasteiger partial charge in [0, 0.05) is 19.8 Å². The number of carbonyl (C=O) groups excluding carboxylic acids is 1. The Morgan fingerprint density at radius 1 is 1.46 bits per heavy atom. The maximum absolute atomic E-state index is 12.4. The molecule has 2 heterocycles. The summed E-state index contributed by atoms with van der Waals surface area (Å²) in [5, 5.41) is 4.01. The number of carbonyl (C=O) groups is 1. The van der Waals surface area contributed by atoms with E-state index in [-0.39, 0.29) is 5.91 Å². The maximum Gasteiger partial charge on any atom is 0.297 e. The minimum atomic E-state index is -0.315. The highest BCUT2D eigenvalue weighted by atomic mass is 32.1. The number of hydrogen-bond acceptors (Lipinski definition) is 4. The van der Waals surface area contributed by atoms with Crippen LogP contribution >= 0.6 is 11.3 Å². The molecule has 0 aliphatic heterocycles. The average Bonchev–Trinajstić information content (AvgIpc) is 3.12. The van der Waals surface area contributed by atoms with E-state index in [1.54, 1.807) is 25.4 Å². The second-order valence-electron chi connectivity index (χ2n) is 5.10. The predicted molar refractivity (Wildman–Crippen MR) is 94.3 cm³/mol. The number of amides is 1. The summed E-state index contributed by atoms with van der Waals surface area (Å²) < 4.78 is 10.0. The lowest BCUT2D eigenvalue weighted by molar-refractivity contribution is 0.0989. The lowest BCUT2D eigenvalue weighted by Crippen LogP contribution is -2.17. The number of hydrogen-bond donors (Lipinski definition) is 0. The Bertz CT molecular complexity index is 965. The molecule has 0 aliphatic carbocycles. The summed E-state index contributed by atoms with van der Waals surface area (Å²) in [7, 11) is 1.72. The Hall–Kier alpha value is -2.67.